The van der Waals surface area contributed by atoms with Crippen molar-refractivity contribution in [3.05, 3.63) is 57.9 Å². The van der Waals surface area contributed by atoms with Crippen LogP contribution in [0.5, 0.6) is 0 Å². The highest BCUT2D eigenvalue weighted by molar-refractivity contribution is 6.33. The third-order valence-corrected chi connectivity index (χ3v) is 3.64. The molecule has 1 aromatic carbocycles. The third kappa shape index (κ3) is 3.07. The summed E-state index contributed by atoms with van der Waals surface area (Å²) >= 11 is 6.16. The van der Waals surface area contributed by atoms with Gasteiger partial charge >= 0.3 is 0 Å². The molecule has 1 heterocycles. The number of aryl methyl sites for hydroxylation is 3. The van der Waals surface area contributed by atoms with Gasteiger partial charge in [0.15, 0.2) is 0 Å². The number of benzene rings is 1. The maximum absolute atomic E-state index is 6.16. The van der Waals surface area contributed by atoms with Crippen LogP contribution in [-0.2, 0) is 0 Å². The summed E-state index contributed by atoms with van der Waals surface area (Å²) < 4.78 is 0. The van der Waals surface area contributed by atoms with E-state index in [0.29, 0.717) is 5.02 Å². The summed E-state index contributed by atoms with van der Waals surface area (Å²) in [5.74, 6) is 0. The summed E-state index contributed by atoms with van der Waals surface area (Å²) in [4.78, 5) is 4.10. The highest BCUT2D eigenvalue weighted by atomic mass is 35.5. The second kappa shape index (κ2) is 5.62. The van der Waals surface area contributed by atoms with Crippen LogP contribution in [0.3, 0.4) is 0 Å². The normalized spacial score (nSPS) is 12.3. The quantitative estimate of drug-likeness (QED) is 0.867. The molecule has 0 spiro atoms. The van der Waals surface area contributed by atoms with Crippen LogP contribution in [0.25, 0.3) is 0 Å². The number of anilines is 1. The molecule has 0 bridgehead atoms. The number of halogens is 1. The molecule has 2 aromatic rings. The van der Waals surface area contributed by atoms with Gasteiger partial charge < -0.3 is 5.32 Å². The van der Waals surface area contributed by atoms with E-state index >= 15 is 0 Å². The van der Waals surface area contributed by atoms with Gasteiger partial charge in [0.05, 0.1) is 16.9 Å². The Morgan fingerprint density at radius 3 is 2.37 bits per heavy atom. The highest BCUT2D eigenvalue weighted by Crippen LogP contribution is 2.29. The predicted molar refractivity (Wildman–Crippen MR) is 81.9 cm³/mol. The van der Waals surface area contributed by atoms with E-state index in [0.717, 1.165) is 5.69 Å². The van der Waals surface area contributed by atoms with Crippen molar-refractivity contribution in [2.24, 2.45) is 0 Å². The summed E-state index contributed by atoms with van der Waals surface area (Å²) in [5.41, 5.74) is 6.10. The van der Waals surface area contributed by atoms with Gasteiger partial charge in [-0.15, -0.1) is 0 Å². The van der Waals surface area contributed by atoms with E-state index < -0.39 is 0 Å². The number of nitrogens with zero attached hydrogens (tertiary/aromatic N) is 1. The van der Waals surface area contributed by atoms with Gasteiger partial charge in [0.2, 0.25) is 0 Å². The Morgan fingerprint density at radius 1 is 1.16 bits per heavy atom. The van der Waals surface area contributed by atoms with Gasteiger partial charge in [-0.3, -0.25) is 4.98 Å². The predicted octanol–water partition coefficient (Wildman–Crippen LogP) is 4.83. The Hall–Kier alpha value is -1.54. The van der Waals surface area contributed by atoms with E-state index in [1.54, 1.807) is 18.5 Å². The first-order valence-corrected chi connectivity index (χ1v) is 6.80. The first-order chi connectivity index (χ1) is 8.99. The lowest BCUT2D eigenvalue weighted by atomic mass is 9.95. The van der Waals surface area contributed by atoms with Crippen LogP contribution < -0.4 is 5.32 Å². The van der Waals surface area contributed by atoms with Gasteiger partial charge in [0.1, 0.15) is 0 Å². The van der Waals surface area contributed by atoms with E-state index in [1.807, 2.05) is 0 Å². The molecule has 3 heteroatoms. The fourth-order valence-corrected chi connectivity index (χ4v) is 2.82. The van der Waals surface area contributed by atoms with Gasteiger partial charge in [-0.05, 0) is 50.5 Å². The topological polar surface area (TPSA) is 24.9 Å². The van der Waals surface area contributed by atoms with E-state index in [2.05, 4.69) is 50.1 Å². The lowest BCUT2D eigenvalue weighted by Crippen LogP contribution is -2.10. The fourth-order valence-electron chi connectivity index (χ4n) is 2.66. The third-order valence-electron chi connectivity index (χ3n) is 3.31. The fraction of sp³-hybridized carbons (Fsp3) is 0.312. The zero-order valence-electron chi connectivity index (χ0n) is 11.8. The number of pyridine rings is 1. The molecule has 1 atom stereocenters. The van der Waals surface area contributed by atoms with E-state index in [-0.39, 0.29) is 6.04 Å². The lowest BCUT2D eigenvalue weighted by Gasteiger charge is -2.21. The molecular weight excluding hydrogens is 256 g/mol. The van der Waals surface area contributed by atoms with Crippen LogP contribution in [0, 0.1) is 20.8 Å². The summed E-state index contributed by atoms with van der Waals surface area (Å²) in [7, 11) is 0. The van der Waals surface area contributed by atoms with Crippen molar-refractivity contribution in [2.45, 2.75) is 33.7 Å². The Bertz CT molecular complexity index is 570. The van der Waals surface area contributed by atoms with Crippen molar-refractivity contribution in [3.8, 4) is 0 Å². The molecule has 19 heavy (non-hydrogen) atoms. The van der Waals surface area contributed by atoms with Gasteiger partial charge in [0.25, 0.3) is 0 Å². The van der Waals surface area contributed by atoms with Crippen LogP contribution in [0.2, 0.25) is 5.02 Å². The van der Waals surface area contributed by atoms with Crippen molar-refractivity contribution >= 4 is 17.3 Å². The van der Waals surface area contributed by atoms with Crippen LogP contribution >= 0.6 is 11.6 Å². The molecule has 0 amide bonds. The molecule has 100 valence electrons. The van der Waals surface area contributed by atoms with Crippen LogP contribution in [0.1, 0.15) is 35.2 Å². The molecule has 0 aliphatic heterocycles. The zero-order chi connectivity index (χ0) is 14.0. The van der Waals surface area contributed by atoms with Crippen molar-refractivity contribution in [1.29, 1.82) is 0 Å². The molecule has 2 rings (SSSR count). The molecule has 0 radical (unpaired) electrons. The monoisotopic (exact) mass is 274 g/mol. The van der Waals surface area contributed by atoms with Crippen molar-refractivity contribution in [3.63, 3.8) is 0 Å². The number of nitrogens with one attached hydrogen (secondary N) is 1. The lowest BCUT2D eigenvalue weighted by molar-refractivity contribution is 0.860. The molecule has 2 nitrogen and oxygen atoms in total. The number of aromatic nitrogens is 1. The second-order valence-electron chi connectivity index (χ2n) is 5.03. The molecule has 1 aromatic heterocycles. The Labute approximate surface area is 119 Å². The Balaban J connectivity index is 2.31. The number of hydrogen-bond acceptors (Lipinski definition) is 2. The molecule has 0 saturated carbocycles. The first kappa shape index (κ1) is 13.9. The molecule has 0 saturated heterocycles. The number of rotatable bonds is 3. The highest BCUT2D eigenvalue weighted by Gasteiger charge is 2.13. The minimum absolute atomic E-state index is 0.197. The largest absolute Gasteiger partial charge is 0.376 e. The first-order valence-electron chi connectivity index (χ1n) is 6.43. The zero-order valence-corrected chi connectivity index (χ0v) is 12.5. The minimum Gasteiger partial charge on any atom is -0.376 e. The summed E-state index contributed by atoms with van der Waals surface area (Å²) in [6, 6.07) is 6.42. The molecule has 1 unspecified atom stereocenters. The maximum Gasteiger partial charge on any atom is 0.0720 e. The van der Waals surface area contributed by atoms with E-state index in [1.165, 1.54) is 22.3 Å². The van der Waals surface area contributed by atoms with Crippen molar-refractivity contribution in [1.82, 2.24) is 4.98 Å². The summed E-state index contributed by atoms with van der Waals surface area (Å²) in [6.07, 6.45) is 3.46. The Kier molecular flexibility index (Phi) is 4.11. The second-order valence-corrected chi connectivity index (χ2v) is 5.44. The van der Waals surface area contributed by atoms with Crippen LogP contribution in [0.15, 0.2) is 30.6 Å². The van der Waals surface area contributed by atoms with Gasteiger partial charge in [-0.2, -0.15) is 0 Å². The van der Waals surface area contributed by atoms with Crippen molar-refractivity contribution < 1.29 is 0 Å². The average molecular weight is 275 g/mol. The number of hydrogen-bond donors (Lipinski definition) is 1. The van der Waals surface area contributed by atoms with Gasteiger partial charge in [0, 0.05) is 12.2 Å². The SMILES string of the molecule is Cc1cc(C)c(C(C)Nc2cnccc2Cl)c(C)c1. The smallest absolute Gasteiger partial charge is 0.0720 e. The minimum atomic E-state index is 0.197. The Morgan fingerprint density at radius 2 is 1.79 bits per heavy atom. The summed E-state index contributed by atoms with van der Waals surface area (Å²) in [5, 5.41) is 4.13. The summed E-state index contributed by atoms with van der Waals surface area (Å²) in [6.45, 7) is 8.57. The van der Waals surface area contributed by atoms with Crippen LogP contribution in [-0.4, -0.2) is 4.98 Å². The van der Waals surface area contributed by atoms with Gasteiger partial charge in [-0.1, -0.05) is 29.3 Å². The molecular formula is C16H19ClN2. The molecule has 0 fully saturated rings. The molecule has 0 aliphatic rings. The molecule has 0 aliphatic carbocycles. The van der Waals surface area contributed by atoms with E-state index in [4.69, 9.17) is 11.6 Å². The standard InChI is InChI=1S/C16H19ClN2/c1-10-7-11(2)16(12(3)8-10)13(4)19-15-9-18-6-5-14(15)17/h5-9,13,19H,1-4H3. The van der Waals surface area contributed by atoms with E-state index in [9.17, 15) is 0 Å². The molecule has 1 N–H and O–H groups in total. The maximum atomic E-state index is 6.16. The van der Waals surface area contributed by atoms with Crippen LogP contribution in [0.4, 0.5) is 5.69 Å². The van der Waals surface area contributed by atoms with Gasteiger partial charge in [-0.25, -0.2) is 0 Å². The average Bonchev–Trinajstić information content (AvgIpc) is 2.30. The van der Waals surface area contributed by atoms with Crippen molar-refractivity contribution in [2.75, 3.05) is 5.32 Å².